The van der Waals surface area contributed by atoms with Crippen LogP contribution in [0, 0.1) is 0 Å². The van der Waals surface area contributed by atoms with E-state index in [0.717, 1.165) is 5.56 Å². The summed E-state index contributed by atoms with van der Waals surface area (Å²) in [5, 5.41) is 8.13. The van der Waals surface area contributed by atoms with Gasteiger partial charge in [-0.05, 0) is 18.2 Å². The summed E-state index contributed by atoms with van der Waals surface area (Å²) in [6.07, 6.45) is 0. The number of benzene rings is 2. The second kappa shape index (κ2) is 10.0. The van der Waals surface area contributed by atoms with Crippen molar-refractivity contribution in [3.8, 4) is 17.2 Å². The second-order valence-corrected chi connectivity index (χ2v) is 7.37. The fourth-order valence-corrected chi connectivity index (χ4v) is 3.99. The van der Waals surface area contributed by atoms with Crippen LogP contribution < -0.4 is 19.5 Å². The molecule has 8 nitrogen and oxygen atoms in total. The van der Waals surface area contributed by atoms with Crippen molar-refractivity contribution in [2.45, 2.75) is 19.2 Å². The van der Waals surface area contributed by atoms with Gasteiger partial charge in [-0.1, -0.05) is 42.1 Å². The average Bonchev–Trinajstić information content (AvgIpc) is 3.15. The molecule has 2 amide bonds. The van der Waals surface area contributed by atoms with Crippen LogP contribution in [0.3, 0.4) is 0 Å². The maximum absolute atomic E-state index is 12.1. The van der Waals surface area contributed by atoms with Gasteiger partial charge in [0.2, 0.25) is 11.8 Å². The lowest BCUT2D eigenvalue weighted by atomic mass is 10.2. The SMILES string of the molecule is COc1ccccc1OCCOc1ccccc1[C@H]1SC(NC(C)=O)=NN1C(C)=O. The molecule has 1 aliphatic rings. The first-order valence-corrected chi connectivity index (χ1v) is 10.2. The van der Waals surface area contributed by atoms with E-state index in [1.807, 2.05) is 48.5 Å². The zero-order chi connectivity index (χ0) is 21.5. The number of ether oxygens (including phenoxy) is 3. The van der Waals surface area contributed by atoms with Crippen LogP contribution in [0.2, 0.25) is 0 Å². The minimum Gasteiger partial charge on any atom is -0.493 e. The Morgan fingerprint density at radius 1 is 1.00 bits per heavy atom. The summed E-state index contributed by atoms with van der Waals surface area (Å²) in [5.74, 6) is 1.43. The second-order valence-electron chi connectivity index (χ2n) is 6.31. The van der Waals surface area contributed by atoms with Crippen molar-refractivity contribution >= 4 is 28.7 Å². The number of rotatable bonds is 7. The van der Waals surface area contributed by atoms with Gasteiger partial charge in [0.1, 0.15) is 24.3 Å². The van der Waals surface area contributed by atoms with Gasteiger partial charge >= 0.3 is 0 Å². The molecule has 1 aliphatic heterocycles. The predicted molar refractivity (Wildman–Crippen MR) is 115 cm³/mol. The maximum Gasteiger partial charge on any atom is 0.241 e. The fraction of sp³-hybridized carbons (Fsp3) is 0.286. The first-order valence-electron chi connectivity index (χ1n) is 9.29. The van der Waals surface area contributed by atoms with Crippen LogP contribution in [-0.4, -0.2) is 42.3 Å². The standard InChI is InChI=1S/C21H23N3O5S/c1-14(25)22-21-23-24(15(2)26)20(30-21)16-8-4-5-9-17(16)28-12-13-29-19-11-7-6-10-18(19)27-3/h4-11,20H,12-13H2,1-3H3,(H,22,23,25)/t20-/m1/s1. The van der Waals surface area contributed by atoms with Gasteiger partial charge in [0, 0.05) is 19.4 Å². The topological polar surface area (TPSA) is 89.5 Å². The zero-order valence-corrected chi connectivity index (χ0v) is 17.8. The van der Waals surface area contributed by atoms with Crippen LogP contribution in [0.25, 0.3) is 0 Å². The van der Waals surface area contributed by atoms with E-state index in [2.05, 4.69) is 10.4 Å². The van der Waals surface area contributed by atoms with Crippen molar-refractivity contribution in [2.24, 2.45) is 5.10 Å². The third kappa shape index (κ3) is 5.24. The lowest BCUT2D eigenvalue weighted by molar-refractivity contribution is -0.129. The molecule has 158 valence electrons. The Morgan fingerprint density at radius 2 is 1.60 bits per heavy atom. The smallest absolute Gasteiger partial charge is 0.241 e. The molecule has 9 heteroatoms. The number of nitrogens with zero attached hydrogens (tertiary/aromatic N) is 2. The third-order valence-corrected chi connectivity index (χ3v) is 5.19. The quantitative estimate of drug-likeness (QED) is 0.680. The highest BCUT2D eigenvalue weighted by Gasteiger charge is 2.34. The summed E-state index contributed by atoms with van der Waals surface area (Å²) in [6.45, 7) is 3.44. The van der Waals surface area contributed by atoms with Crippen LogP contribution in [0.5, 0.6) is 17.2 Å². The van der Waals surface area contributed by atoms with Crippen LogP contribution in [-0.2, 0) is 9.59 Å². The van der Waals surface area contributed by atoms with E-state index in [1.165, 1.54) is 30.6 Å². The molecular weight excluding hydrogens is 406 g/mol. The van der Waals surface area contributed by atoms with Crippen molar-refractivity contribution < 1.29 is 23.8 Å². The number of amidine groups is 1. The molecule has 0 aliphatic carbocycles. The Hall–Kier alpha value is -3.20. The molecule has 0 saturated carbocycles. The summed E-state index contributed by atoms with van der Waals surface area (Å²) >= 11 is 1.28. The van der Waals surface area contributed by atoms with E-state index in [0.29, 0.717) is 35.6 Å². The van der Waals surface area contributed by atoms with Gasteiger partial charge in [-0.2, -0.15) is 0 Å². The third-order valence-electron chi connectivity index (χ3n) is 4.10. The summed E-state index contributed by atoms with van der Waals surface area (Å²) in [5.41, 5.74) is 0.777. The first kappa shape index (κ1) is 21.5. The van der Waals surface area contributed by atoms with Crippen molar-refractivity contribution in [2.75, 3.05) is 20.3 Å². The maximum atomic E-state index is 12.1. The van der Waals surface area contributed by atoms with Gasteiger partial charge in [-0.3, -0.25) is 9.59 Å². The number of hydrogen-bond donors (Lipinski definition) is 1. The van der Waals surface area contributed by atoms with E-state index < -0.39 is 5.37 Å². The van der Waals surface area contributed by atoms with Crippen molar-refractivity contribution in [3.63, 3.8) is 0 Å². The number of carbonyl (C=O) groups excluding carboxylic acids is 2. The molecule has 0 saturated heterocycles. The Bertz CT molecular complexity index is 950. The van der Waals surface area contributed by atoms with Crippen molar-refractivity contribution in [1.29, 1.82) is 0 Å². The van der Waals surface area contributed by atoms with Gasteiger partial charge in [-0.25, -0.2) is 5.01 Å². The molecule has 2 aromatic carbocycles. The average molecular weight is 429 g/mol. The van der Waals surface area contributed by atoms with E-state index in [4.69, 9.17) is 14.2 Å². The van der Waals surface area contributed by atoms with E-state index >= 15 is 0 Å². The summed E-state index contributed by atoms with van der Waals surface area (Å²) < 4.78 is 16.9. The van der Waals surface area contributed by atoms with Crippen LogP contribution in [0.4, 0.5) is 0 Å². The van der Waals surface area contributed by atoms with Crippen LogP contribution in [0.1, 0.15) is 24.8 Å². The van der Waals surface area contributed by atoms with Gasteiger partial charge in [-0.15, -0.1) is 5.10 Å². The first-order chi connectivity index (χ1) is 14.5. The molecule has 0 fully saturated rings. The Morgan fingerprint density at radius 3 is 2.23 bits per heavy atom. The minimum atomic E-state index is -0.435. The molecule has 2 aromatic rings. The number of hydrogen-bond acceptors (Lipinski definition) is 7. The van der Waals surface area contributed by atoms with Crippen molar-refractivity contribution in [3.05, 3.63) is 54.1 Å². The molecule has 0 bridgehead atoms. The highest BCUT2D eigenvalue weighted by molar-refractivity contribution is 8.14. The molecule has 1 atom stereocenters. The largest absolute Gasteiger partial charge is 0.493 e. The number of thioether (sulfide) groups is 1. The molecule has 1 heterocycles. The van der Waals surface area contributed by atoms with E-state index in [-0.39, 0.29) is 11.8 Å². The van der Waals surface area contributed by atoms with Gasteiger partial charge in [0.15, 0.2) is 16.7 Å². The fourth-order valence-electron chi connectivity index (χ4n) is 2.82. The molecule has 0 radical (unpaired) electrons. The lowest BCUT2D eigenvalue weighted by Crippen LogP contribution is -2.25. The normalized spacial score (nSPS) is 15.4. The molecule has 30 heavy (non-hydrogen) atoms. The molecule has 0 aromatic heterocycles. The Kier molecular flexibility index (Phi) is 7.18. The minimum absolute atomic E-state index is 0.234. The molecule has 0 unspecified atom stereocenters. The van der Waals surface area contributed by atoms with Crippen molar-refractivity contribution in [1.82, 2.24) is 10.3 Å². The summed E-state index contributed by atoms with van der Waals surface area (Å²) in [7, 11) is 1.59. The molecular formula is C21H23N3O5S. The molecule has 0 spiro atoms. The molecule has 1 N–H and O–H groups in total. The van der Waals surface area contributed by atoms with Gasteiger partial charge in [0.25, 0.3) is 0 Å². The number of nitrogens with one attached hydrogen (secondary N) is 1. The lowest BCUT2D eigenvalue weighted by Gasteiger charge is -2.22. The highest BCUT2D eigenvalue weighted by atomic mass is 32.2. The van der Waals surface area contributed by atoms with Gasteiger partial charge < -0.3 is 19.5 Å². The van der Waals surface area contributed by atoms with E-state index in [1.54, 1.807) is 7.11 Å². The highest BCUT2D eigenvalue weighted by Crippen LogP contribution is 2.42. The predicted octanol–water partition coefficient (Wildman–Crippen LogP) is 3.15. The number of amides is 2. The van der Waals surface area contributed by atoms with Crippen LogP contribution in [0.15, 0.2) is 53.6 Å². The number of hydrazone groups is 1. The number of methoxy groups -OCH3 is 1. The summed E-state index contributed by atoms with van der Waals surface area (Å²) in [6, 6.07) is 14.8. The number of carbonyl (C=O) groups is 2. The van der Waals surface area contributed by atoms with E-state index in [9.17, 15) is 9.59 Å². The zero-order valence-electron chi connectivity index (χ0n) is 17.0. The Balaban J connectivity index is 1.67. The summed E-state index contributed by atoms with van der Waals surface area (Å²) in [4.78, 5) is 23.4. The molecule has 3 rings (SSSR count). The number of para-hydroxylation sites is 3. The van der Waals surface area contributed by atoms with Gasteiger partial charge in [0.05, 0.1) is 7.11 Å². The monoisotopic (exact) mass is 429 g/mol. The Labute approximate surface area is 179 Å². The van der Waals surface area contributed by atoms with Crippen LogP contribution >= 0.6 is 11.8 Å².